The lowest BCUT2D eigenvalue weighted by Gasteiger charge is -2.71. The average Bonchev–Trinajstić information content (AvgIpc) is 3.15. The van der Waals surface area contributed by atoms with Gasteiger partial charge in [-0.1, -0.05) is 6.92 Å². The van der Waals surface area contributed by atoms with E-state index in [1.54, 1.807) is 7.11 Å². The molecule has 1 saturated heterocycles. The molecule has 5 N–H and O–H groups in total. The van der Waals surface area contributed by atoms with Crippen LogP contribution in [0.15, 0.2) is 0 Å². The molecule has 8 heteroatoms. The topological polar surface area (TPSA) is 123 Å². The van der Waals surface area contributed by atoms with Crippen LogP contribution in [0.3, 0.4) is 0 Å². The SMILES string of the molecule is CCN1C[C@]2(COC)CC[C@H](O)[C@@]34[C@@H]2C[C@@H]([C@@H]13)[C@@]1(O)[C@@H](O)[C@H](OC)[C@H]2C[C@@H]4[C@]1(O)[C@H]2O. The van der Waals surface area contributed by atoms with Gasteiger partial charge in [0.25, 0.3) is 0 Å². The fourth-order valence-electron chi connectivity index (χ4n) is 10.4. The van der Waals surface area contributed by atoms with E-state index in [1.807, 2.05) is 0 Å². The van der Waals surface area contributed by atoms with Crippen LogP contribution in [0.4, 0.5) is 0 Å². The van der Waals surface area contributed by atoms with Gasteiger partial charge in [0.1, 0.15) is 17.3 Å². The average molecular weight is 440 g/mol. The van der Waals surface area contributed by atoms with E-state index >= 15 is 0 Å². The number of methoxy groups -OCH3 is 2. The zero-order valence-corrected chi connectivity index (χ0v) is 18.6. The number of aliphatic hydroxyl groups is 5. The van der Waals surface area contributed by atoms with Crippen molar-refractivity contribution in [1.82, 2.24) is 4.90 Å². The Morgan fingerprint density at radius 1 is 1.00 bits per heavy atom. The van der Waals surface area contributed by atoms with Crippen LogP contribution < -0.4 is 0 Å². The predicted molar refractivity (Wildman–Crippen MR) is 109 cm³/mol. The van der Waals surface area contributed by atoms with Crippen molar-refractivity contribution in [1.29, 1.82) is 0 Å². The van der Waals surface area contributed by atoms with Crippen molar-refractivity contribution in [2.24, 2.45) is 34.5 Å². The molecule has 176 valence electrons. The summed E-state index contributed by atoms with van der Waals surface area (Å²) in [6, 6.07) is -0.158. The Balaban J connectivity index is 1.63. The summed E-state index contributed by atoms with van der Waals surface area (Å²) in [7, 11) is 3.21. The van der Waals surface area contributed by atoms with E-state index < -0.39 is 58.8 Å². The number of aliphatic hydroxyl groups excluding tert-OH is 3. The van der Waals surface area contributed by atoms with Gasteiger partial charge < -0.3 is 35.0 Å². The number of hydrogen-bond donors (Lipinski definition) is 5. The second-order valence-electron chi connectivity index (χ2n) is 11.4. The number of hydrogen-bond acceptors (Lipinski definition) is 8. The number of nitrogens with zero attached hydrogens (tertiary/aromatic N) is 1. The zero-order valence-electron chi connectivity index (χ0n) is 18.6. The van der Waals surface area contributed by atoms with Crippen LogP contribution >= 0.6 is 0 Å². The van der Waals surface area contributed by atoms with Gasteiger partial charge in [-0.15, -0.1) is 0 Å². The minimum absolute atomic E-state index is 0.0595. The van der Waals surface area contributed by atoms with Gasteiger partial charge in [-0.3, -0.25) is 4.90 Å². The quantitative estimate of drug-likeness (QED) is 0.377. The summed E-state index contributed by atoms with van der Waals surface area (Å²) in [5.41, 5.74) is -4.58. The number of ether oxygens (including phenoxy) is 2. The molecule has 5 saturated carbocycles. The van der Waals surface area contributed by atoms with E-state index in [4.69, 9.17) is 9.47 Å². The maximum atomic E-state index is 12.3. The van der Waals surface area contributed by atoms with Crippen LogP contribution in [-0.2, 0) is 9.47 Å². The van der Waals surface area contributed by atoms with Gasteiger partial charge in [0.2, 0.25) is 0 Å². The summed E-state index contributed by atoms with van der Waals surface area (Å²) in [5.74, 6) is -1.41. The maximum Gasteiger partial charge on any atom is 0.129 e. The van der Waals surface area contributed by atoms with E-state index in [9.17, 15) is 25.5 Å². The largest absolute Gasteiger partial charge is 0.392 e. The predicted octanol–water partition coefficient (Wildman–Crippen LogP) is -1.04. The van der Waals surface area contributed by atoms with E-state index in [0.29, 0.717) is 25.9 Å². The first-order valence-electron chi connectivity index (χ1n) is 11.9. The third-order valence-corrected chi connectivity index (χ3v) is 11.1. The third kappa shape index (κ3) is 1.89. The van der Waals surface area contributed by atoms with E-state index in [-0.39, 0.29) is 17.4 Å². The van der Waals surface area contributed by atoms with E-state index in [2.05, 4.69) is 11.8 Å². The molecular formula is C23H37NO7. The molecular weight excluding hydrogens is 402 g/mol. The first kappa shape index (κ1) is 21.2. The lowest BCUT2D eigenvalue weighted by atomic mass is 9.42. The van der Waals surface area contributed by atoms with Crippen LogP contribution in [0, 0.1) is 34.5 Å². The molecule has 6 fully saturated rings. The van der Waals surface area contributed by atoms with Crippen LogP contribution in [0.25, 0.3) is 0 Å². The number of fused-ring (bicyclic) bond motifs is 2. The Morgan fingerprint density at radius 3 is 2.39 bits per heavy atom. The van der Waals surface area contributed by atoms with Crippen molar-refractivity contribution in [3.05, 3.63) is 0 Å². The molecule has 6 aliphatic rings. The second-order valence-corrected chi connectivity index (χ2v) is 11.4. The van der Waals surface area contributed by atoms with Gasteiger partial charge in [0.05, 0.1) is 24.9 Å². The Labute approximate surface area is 183 Å². The van der Waals surface area contributed by atoms with Gasteiger partial charge in [-0.25, -0.2) is 0 Å². The lowest BCUT2D eigenvalue weighted by molar-refractivity contribution is -0.355. The third-order valence-electron chi connectivity index (χ3n) is 11.1. The molecule has 13 atom stereocenters. The molecule has 0 aromatic rings. The van der Waals surface area contributed by atoms with Gasteiger partial charge >= 0.3 is 0 Å². The summed E-state index contributed by atoms with van der Waals surface area (Å²) >= 11 is 0. The van der Waals surface area contributed by atoms with Gasteiger partial charge in [0.15, 0.2) is 0 Å². The van der Waals surface area contributed by atoms with Crippen LogP contribution in [0.5, 0.6) is 0 Å². The normalized spacial score (nSPS) is 64.1. The van der Waals surface area contributed by atoms with Crippen molar-refractivity contribution in [3.8, 4) is 0 Å². The van der Waals surface area contributed by atoms with Gasteiger partial charge in [0, 0.05) is 55.4 Å². The standard InChI is InChI=1S/C23H37NO7/c1-4-24-9-20(10-30-2)6-5-15(25)21-13(20)8-12(17(21)24)22(28)19(27)16(31-3)11-7-14(21)23(22,29)18(11)26/h11-19,25-29H,4-10H2,1-3H3/t11-,12+,13-,14+,15+,16-,17-,18+,19+,20+,21+,22-,23+/m1/s1. The lowest BCUT2D eigenvalue weighted by Crippen LogP contribution is -2.85. The highest BCUT2D eigenvalue weighted by Gasteiger charge is 2.89. The fourth-order valence-corrected chi connectivity index (χ4v) is 10.4. The van der Waals surface area contributed by atoms with Crippen molar-refractivity contribution < 1.29 is 35.0 Å². The number of likely N-dealkylation sites (tertiary alicyclic amines) is 1. The molecule has 0 unspecified atom stereocenters. The summed E-state index contributed by atoms with van der Waals surface area (Å²) in [6.45, 7) is 4.25. The molecule has 6 rings (SSSR count). The smallest absolute Gasteiger partial charge is 0.129 e. The minimum atomic E-state index is -1.89. The zero-order chi connectivity index (χ0) is 22.1. The fraction of sp³-hybridized carbons (Fsp3) is 1.00. The Bertz CT molecular complexity index is 783. The minimum Gasteiger partial charge on any atom is -0.392 e. The van der Waals surface area contributed by atoms with E-state index in [0.717, 1.165) is 19.5 Å². The highest BCUT2D eigenvalue weighted by atomic mass is 16.5. The van der Waals surface area contributed by atoms with E-state index in [1.165, 1.54) is 7.11 Å². The summed E-state index contributed by atoms with van der Waals surface area (Å²) in [4.78, 5) is 2.36. The number of rotatable bonds is 4. The molecule has 0 aromatic carbocycles. The highest BCUT2D eigenvalue weighted by Crippen LogP contribution is 2.79. The Hall–Kier alpha value is -0.320. The van der Waals surface area contributed by atoms with Crippen molar-refractivity contribution >= 4 is 0 Å². The first-order valence-corrected chi connectivity index (χ1v) is 11.9. The molecule has 1 heterocycles. The second kappa shape index (κ2) is 6.21. The molecule has 31 heavy (non-hydrogen) atoms. The molecule has 8 nitrogen and oxygen atoms in total. The van der Waals surface area contributed by atoms with Crippen LogP contribution in [-0.4, -0.2) is 106 Å². The molecule has 5 aliphatic carbocycles. The Morgan fingerprint density at radius 2 is 1.74 bits per heavy atom. The Kier molecular flexibility index (Phi) is 4.26. The molecule has 0 amide bonds. The van der Waals surface area contributed by atoms with Crippen molar-refractivity contribution in [2.75, 3.05) is 33.9 Å². The first-order chi connectivity index (χ1) is 14.7. The van der Waals surface area contributed by atoms with Crippen molar-refractivity contribution in [3.63, 3.8) is 0 Å². The van der Waals surface area contributed by atoms with Crippen LogP contribution in [0.1, 0.15) is 32.6 Å². The molecule has 7 bridgehead atoms. The number of piperidine rings is 1. The summed E-state index contributed by atoms with van der Waals surface area (Å²) in [6.07, 6.45) is -1.39. The molecule has 0 radical (unpaired) electrons. The van der Waals surface area contributed by atoms with Crippen LogP contribution in [0.2, 0.25) is 0 Å². The van der Waals surface area contributed by atoms with Crippen molar-refractivity contribution in [2.45, 2.75) is 74.3 Å². The monoisotopic (exact) mass is 439 g/mol. The summed E-state index contributed by atoms with van der Waals surface area (Å²) in [5, 5.41) is 58.9. The highest BCUT2D eigenvalue weighted by molar-refractivity contribution is 5.39. The molecule has 0 aromatic heterocycles. The summed E-state index contributed by atoms with van der Waals surface area (Å²) < 4.78 is 11.3. The van der Waals surface area contributed by atoms with Gasteiger partial charge in [-0.2, -0.15) is 0 Å². The molecule has 1 spiro atoms. The maximum absolute atomic E-state index is 12.3. The molecule has 1 aliphatic heterocycles. The van der Waals surface area contributed by atoms with Gasteiger partial charge in [-0.05, 0) is 38.1 Å².